The highest BCUT2D eigenvalue weighted by Gasteiger charge is 2.24. The average molecular weight is 407 g/mol. The topological polar surface area (TPSA) is 63.1 Å². The molecule has 4 rings (SSSR count). The Balaban J connectivity index is 1.54. The number of halogens is 1. The van der Waals surface area contributed by atoms with Crippen LogP contribution in [-0.4, -0.2) is 33.5 Å². The zero-order valence-corrected chi connectivity index (χ0v) is 17.3. The Kier molecular flexibility index (Phi) is 5.79. The molecule has 156 valence electrons. The second kappa shape index (κ2) is 8.65. The molecule has 3 aromatic rings. The van der Waals surface area contributed by atoms with Crippen LogP contribution in [0.2, 0.25) is 0 Å². The molecule has 6 nitrogen and oxygen atoms in total. The van der Waals surface area contributed by atoms with Gasteiger partial charge < -0.3 is 14.8 Å². The number of nitrogens with zero attached hydrogens (tertiary/aromatic N) is 4. The van der Waals surface area contributed by atoms with Gasteiger partial charge in [0.15, 0.2) is 0 Å². The van der Waals surface area contributed by atoms with Crippen LogP contribution in [0.5, 0.6) is 0 Å². The number of hydrogen-bond acceptors (Lipinski definition) is 4. The van der Waals surface area contributed by atoms with Crippen molar-refractivity contribution in [2.45, 2.75) is 25.8 Å². The minimum absolute atomic E-state index is 0.322. The molecule has 1 amide bonds. The number of aryl methyl sites for hydroxylation is 1. The van der Waals surface area contributed by atoms with E-state index in [2.05, 4.69) is 27.1 Å². The maximum Gasteiger partial charge on any atom is 0.253 e. The van der Waals surface area contributed by atoms with E-state index < -0.39 is 11.9 Å². The first-order valence-electron chi connectivity index (χ1n) is 10.3. The quantitative estimate of drug-likeness (QED) is 0.700. The molecule has 0 spiro atoms. The Labute approximate surface area is 175 Å². The number of anilines is 1. The predicted octanol–water partition coefficient (Wildman–Crippen LogP) is 3.71. The molecule has 0 saturated carbocycles. The maximum absolute atomic E-state index is 14.5. The van der Waals surface area contributed by atoms with Crippen LogP contribution in [-0.2, 0) is 7.05 Å². The van der Waals surface area contributed by atoms with Crippen LogP contribution in [0.15, 0.2) is 55.0 Å². The predicted molar refractivity (Wildman–Crippen MR) is 114 cm³/mol. The summed E-state index contributed by atoms with van der Waals surface area (Å²) in [5.41, 5.74) is 0.798. The lowest BCUT2D eigenvalue weighted by Gasteiger charge is -2.31. The molecule has 30 heavy (non-hydrogen) atoms. The molecule has 2 aromatic heterocycles. The molecule has 1 N–H and O–H groups in total. The number of aromatic nitrogens is 3. The number of piperidine rings is 1. The normalized spacial score (nSPS) is 15.8. The van der Waals surface area contributed by atoms with Crippen LogP contribution in [0.3, 0.4) is 0 Å². The minimum atomic E-state index is -0.707. The van der Waals surface area contributed by atoms with Gasteiger partial charge >= 0.3 is 0 Å². The first-order valence-corrected chi connectivity index (χ1v) is 10.3. The Morgan fingerprint density at radius 1 is 1.17 bits per heavy atom. The summed E-state index contributed by atoms with van der Waals surface area (Å²) < 4.78 is 16.3. The van der Waals surface area contributed by atoms with E-state index >= 15 is 0 Å². The summed E-state index contributed by atoms with van der Waals surface area (Å²) in [6.07, 6.45) is 7.28. The number of hydrogen-bond donors (Lipinski definition) is 1. The van der Waals surface area contributed by atoms with Crippen LogP contribution in [0.1, 0.15) is 47.6 Å². The summed E-state index contributed by atoms with van der Waals surface area (Å²) >= 11 is 0. The van der Waals surface area contributed by atoms with E-state index in [1.807, 2.05) is 13.1 Å². The van der Waals surface area contributed by atoms with Crippen LogP contribution in [0, 0.1) is 11.7 Å². The van der Waals surface area contributed by atoms with Crippen molar-refractivity contribution in [1.82, 2.24) is 19.9 Å². The zero-order chi connectivity index (χ0) is 21.1. The van der Waals surface area contributed by atoms with Gasteiger partial charge in [0.1, 0.15) is 23.5 Å². The van der Waals surface area contributed by atoms with Gasteiger partial charge in [-0.25, -0.2) is 14.4 Å². The summed E-state index contributed by atoms with van der Waals surface area (Å²) in [6, 6.07) is 9.36. The lowest BCUT2D eigenvalue weighted by atomic mass is 9.99. The lowest BCUT2D eigenvalue weighted by molar-refractivity contribution is 0.0940. The van der Waals surface area contributed by atoms with Crippen molar-refractivity contribution in [2.75, 3.05) is 18.0 Å². The Morgan fingerprint density at radius 3 is 2.57 bits per heavy atom. The number of pyridine rings is 1. The van der Waals surface area contributed by atoms with Crippen LogP contribution < -0.4 is 10.2 Å². The van der Waals surface area contributed by atoms with Gasteiger partial charge in [-0.2, -0.15) is 0 Å². The molecule has 1 aromatic carbocycles. The molecule has 1 unspecified atom stereocenters. The second-order valence-electron chi connectivity index (χ2n) is 7.90. The molecule has 0 radical (unpaired) electrons. The molecule has 1 atom stereocenters. The highest BCUT2D eigenvalue weighted by molar-refractivity contribution is 5.94. The molecule has 1 aliphatic heterocycles. The summed E-state index contributed by atoms with van der Waals surface area (Å²) in [5, 5.41) is 2.92. The molecule has 0 aliphatic carbocycles. The van der Waals surface area contributed by atoms with E-state index in [4.69, 9.17) is 0 Å². The summed E-state index contributed by atoms with van der Waals surface area (Å²) in [5.74, 6) is 1.47. The van der Waals surface area contributed by atoms with Gasteiger partial charge in [0.2, 0.25) is 0 Å². The third-order valence-corrected chi connectivity index (χ3v) is 5.73. The van der Waals surface area contributed by atoms with Gasteiger partial charge in [-0.15, -0.1) is 0 Å². The van der Waals surface area contributed by atoms with Crippen LogP contribution in [0.25, 0.3) is 0 Å². The summed E-state index contributed by atoms with van der Waals surface area (Å²) in [7, 11) is 1.82. The number of rotatable bonds is 5. The SMILES string of the molecule is CC1CCN(c2ccc(C(=O)NC(c3ccccc3F)c3nccn3C)cn2)CC1. The van der Waals surface area contributed by atoms with E-state index in [9.17, 15) is 9.18 Å². The van der Waals surface area contributed by atoms with E-state index in [1.54, 1.807) is 47.4 Å². The van der Waals surface area contributed by atoms with Gasteiger partial charge in [-0.05, 0) is 37.0 Å². The van der Waals surface area contributed by atoms with Crippen molar-refractivity contribution < 1.29 is 9.18 Å². The first-order chi connectivity index (χ1) is 14.5. The number of carbonyl (C=O) groups is 1. The molecule has 3 heterocycles. The lowest BCUT2D eigenvalue weighted by Crippen LogP contribution is -2.34. The van der Waals surface area contributed by atoms with Gasteiger partial charge in [0, 0.05) is 44.3 Å². The van der Waals surface area contributed by atoms with Crippen molar-refractivity contribution in [3.8, 4) is 0 Å². The number of nitrogens with one attached hydrogen (secondary N) is 1. The summed E-state index contributed by atoms with van der Waals surface area (Å²) in [6.45, 7) is 4.23. The summed E-state index contributed by atoms with van der Waals surface area (Å²) in [4.78, 5) is 24.0. The highest BCUT2D eigenvalue weighted by Crippen LogP contribution is 2.24. The van der Waals surface area contributed by atoms with Gasteiger partial charge in [-0.1, -0.05) is 25.1 Å². The smallest absolute Gasteiger partial charge is 0.253 e. The van der Waals surface area contributed by atoms with Crippen molar-refractivity contribution in [3.63, 3.8) is 0 Å². The van der Waals surface area contributed by atoms with E-state index in [0.29, 0.717) is 17.0 Å². The van der Waals surface area contributed by atoms with E-state index in [-0.39, 0.29) is 5.91 Å². The molecule has 1 fully saturated rings. The number of amides is 1. The Bertz CT molecular complexity index is 1010. The molecular weight excluding hydrogens is 381 g/mol. The van der Waals surface area contributed by atoms with Crippen LogP contribution in [0.4, 0.5) is 10.2 Å². The van der Waals surface area contributed by atoms with Crippen molar-refractivity contribution in [2.24, 2.45) is 13.0 Å². The zero-order valence-electron chi connectivity index (χ0n) is 17.3. The molecule has 1 saturated heterocycles. The highest BCUT2D eigenvalue weighted by atomic mass is 19.1. The average Bonchev–Trinajstić information content (AvgIpc) is 3.19. The van der Waals surface area contributed by atoms with E-state index in [0.717, 1.165) is 37.7 Å². The largest absolute Gasteiger partial charge is 0.357 e. The van der Waals surface area contributed by atoms with Crippen molar-refractivity contribution >= 4 is 11.7 Å². The first kappa shape index (κ1) is 20.1. The van der Waals surface area contributed by atoms with E-state index in [1.165, 1.54) is 6.07 Å². The molecule has 7 heteroatoms. The van der Waals surface area contributed by atoms with Gasteiger partial charge in [-0.3, -0.25) is 4.79 Å². The fourth-order valence-corrected chi connectivity index (χ4v) is 3.81. The third kappa shape index (κ3) is 4.20. The fraction of sp³-hybridized carbons (Fsp3) is 0.348. The fourth-order valence-electron chi connectivity index (χ4n) is 3.81. The molecular formula is C23H26FN5O. The number of benzene rings is 1. The monoisotopic (exact) mass is 407 g/mol. The molecule has 0 bridgehead atoms. The standard InChI is InChI=1S/C23H26FN5O/c1-16-9-12-29(13-10-16)20-8-7-17(15-26-20)23(30)27-21(22-25-11-14-28(22)2)18-5-3-4-6-19(18)24/h3-8,11,14-16,21H,9-10,12-13H2,1-2H3,(H,27,30). The molecule has 1 aliphatic rings. The third-order valence-electron chi connectivity index (χ3n) is 5.73. The number of carbonyl (C=O) groups excluding carboxylic acids is 1. The Morgan fingerprint density at radius 2 is 1.93 bits per heavy atom. The minimum Gasteiger partial charge on any atom is -0.357 e. The maximum atomic E-state index is 14.5. The Hall–Kier alpha value is -3.22. The number of imidazole rings is 1. The van der Waals surface area contributed by atoms with Crippen molar-refractivity contribution in [1.29, 1.82) is 0 Å². The van der Waals surface area contributed by atoms with Gasteiger partial charge in [0.05, 0.1) is 5.56 Å². The van der Waals surface area contributed by atoms with Gasteiger partial charge in [0.25, 0.3) is 5.91 Å². The van der Waals surface area contributed by atoms with Crippen molar-refractivity contribution in [3.05, 3.63) is 77.8 Å². The van der Waals surface area contributed by atoms with Crippen LogP contribution >= 0.6 is 0 Å². The second-order valence-corrected chi connectivity index (χ2v) is 7.90.